The van der Waals surface area contributed by atoms with Crippen molar-refractivity contribution in [1.82, 2.24) is 10.3 Å². The monoisotopic (exact) mass is 391 g/mol. The van der Waals surface area contributed by atoms with Crippen LogP contribution in [0.25, 0.3) is 6.08 Å². The van der Waals surface area contributed by atoms with Crippen LogP contribution in [0, 0.1) is 6.92 Å². The lowest BCUT2D eigenvalue weighted by Gasteiger charge is -2.11. The Morgan fingerprint density at radius 2 is 1.71 bits per heavy atom. The maximum Gasteiger partial charge on any atom is 0.272 e. The van der Waals surface area contributed by atoms with Crippen LogP contribution in [-0.4, -0.2) is 16.8 Å². The summed E-state index contributed by atoms with van der Waals surface area (Å²) in [5.41, 5.74) is 2.86. The summed E-state index contributed by atoms with van der Waals surface area (Å²) in [6.45, 7) is 1.94. The maximum atomic E-state index is 12.8. The third-order valence-electron chi connectivity index (χ3n) is 3.90. The van der Waals surface area contributed by atoms with Gasteiger partial charge in [0.15, 0.2) is 0 Å². The van der Waals surface area contributed by atoms with E-state index in [4.69, 9.17) is 11.6 Å². The Kier molecular flexibility index (Phi) is 6.19. The normalized spacial score (nSPS) is 11.0. The van der Waals surface area contributed by atoms with Crippen molar-refractivity contribution in [2.45, 2.75) is 6.92 Å². The summed E-state index contributed by atoms with van der Waals surface area (Å²) < 4.78 is 0. The largest absolute Gasteiger partial charge is 0.321 e. The van der Waals surface area contributed by atoms with Gasteiger partial charge in [0.2, 0.25) is 0 Å². The molecule has 0 spiro atoms. The highest BCUT2D eigenvalue weighted by Crippen LogP contribution is 2.15. The number of rotatable bonds is 5. The molecule has 0 saturated carbocycles. The van der Waals surface area contributed by atoms with Crippen molar-refractivity contribution in [3.63, 3.8) is 0 Å². The molecule has 0 atom stereocenters. The third kappa shape index (κ3) is 5.28. The first-order chi connectivity index (χ1) is 13.5. The molecule has 0 radical (unpaired) electrons. The SMILES string of the molecule is Cc1ccc(C(=O)NC(=Cc2cccnc2)C(=O)Nc2ccc(Cl)cc2)cc1. The minimum atomic E-state index is -0.452. The smallest absolute Gasteiger partial charge is 0.272 e. The molecule has 1 heterocycles. The molecule has 5 nitrogen and oxygen atoms in total. The van der Waals surface area contributed by atoms with Crippen LogP contribution in [0.2, 0.25) is 5.02 Å². The summed E-state index contributed by atoms with van der Waals surface area (Å²) in [4.78, 5) is 29.4. The number of hydrogen-bond acceptors (Lipinski definition) is 3. The fourth-order valence-corrected chi connectivity index (χ4v) is 2.54. The van der Waals surface area contributed by atoms with Gasteiger partial charge in [-0.1, -0.05) is 35.4 Å². The van der Waals surface area contributed by atoms with Gasteiger partial charge in [0, 0.05) is 28.7 Å². The van der Waals surface area contributed by atoms with Gasteiger partial charge in [0.1, 0.15) is 5.70 Å². The molecule has 28 heavy (non-hydrogen) atoms. The number of amides is 2. The first-order valence-electron chi connectivity index (χ1n) is 8.58. The molecular weight excluding hydrogens is 374 g/mol. The summed E-state index contributed by atoms with van der Waals surface area (Å²) in [7, 11) is 0. The first kappa shape index (κ1) is 19.3. The molecule has 2 N–H and O–H groups in total. The summed E-state index contributed by atoms with van der Waals surface area (Å²) >= 11 is 5.88. The highest BCUT2D eigenvalue weighted by molar-refractivity contribution is 6.30. The Bertz CT molecular complexity index is 998. The van der Waals surface area contributed by atoms with Crippen LogP contribution in [0.1, 0.15) is 21.5 Å². The zero-order chi connectivity index (χ0) is 19.9. The molecule has 3 rings (SSSR count). The Balaban J connectivity index is 1.85. The number of carbonyl (C=O) groups excluding carboxylic acids is 2. The summed E-state index contributed by atoms with van der Waals surface area (Å²) in [6, 6.07) is 17.4. The second-order valence-corrected chi connectivity index (χ2v) is 6.56. The van der Waals surface area contributed by atoms with Crippen molar-refractivity contribution in [2.75, 3.05) is 5.32 Å². The van der Waals surface area contributed by atoms with E-state index >= 15 is 0 Å². The minimum Gasteiger partial charge on any atom is -0.321 e. The molecule has 0 aliphatic carbocycles. The van der Waals surface area contributed by atoms with E-state index in [-0.39, 0.29) is 11.6 Å². The van der Waals surface area contributed by atoms with E-state index in [0.717, 1.165) is 5.56 Å². The topological polar surface area (TPSA) is 71.1 Å². The average molecular weight is 392 g/mol. The lowest BCUT2D eigenvalue weighted by Crippen LogP contribution is -2.30. The molecule has 0 aliphatic heterocycles. The lowest BCUT2D eigenvalue weighted by atomic mass is 10.1. The molecule has 3 aromatic rings. The fraction of sp³-hybridized carbons (Fsp3) is 0.0455. The number of aryl methyl sites for hydroxylation is 1. The van der Waals surface area contributed by atoms with E-state index in [0.29, 0.717) is 21.8 Å². The van der Waals surface area contributed by atoms with Crippen molar-refractivity contribution in [3.05, 3.63) is 100 Å². The second-order valence-electron chi connectivity index (χ2n) is 6.13. The predicted octanol–water partition coefficient (Wildman–Crippen LogP) is 4.45. The number of carbonyl (C=O) groups is 2. The number of pyridine rings is 1. The van der Waals surface area contributed by atoms with Crippen molar-refractivity contribution in [1.29, 1.82) is 0 Å². The lowest BCUT2D eigenvalue weighted by molar-refractivity contribution is -0.113. The van der Waals surface area contributed by atoms with Gasteiger partial charge in [0.05, 0.1) is 0 Å². The van der Waals surface area contributed by atoms with Gasteiger partial charge in [-0.15, -0.1) is 0 Å². The van der Waals surface area contributed by atoms with E-state index in [1.807, 2.05) is 19.1 Å². The molecule has 1 aromatic heterocycles. The number of aromatic nitrogens is 1. The number of anilines is 1. The highest BCUT2D eigenvalue weighted by atomic mass is 35.5. The standard InChI is InChI=1S/C22H18ClN3O2/c1-15-4-6-17(7-5-15)21(27)26-20(13-16-3-2-12-24-14-16)22(28)25-19-10-8-18(23)9-11-19/h2-14H,1H3,(H,25,28)(H,26,27). The Morgan fingerprint density at radius 3 is 2.36 bits per heavy atom. The van der Waals surface area contributed by atoms with E-state index < -0.39 is 5.91 Å². The van der Waals surface area contributed by atoms with Crippen molar-refractivity contribution >= 4 is 35.2 Å². The van der Waals surface area contributed by atoms with Gasteiger partial charge in [0.25, 0.3) is 11.8 Å². The predicted molar refractivity (Wildman–Crippen MR) is 111 cm³/mol. The number of hydrogen-bond donors (Lipinski definition) is 2. The van der Waals surface area contributed by atoms with E-state index in [1.54, 1.807) is 67.0 Å². The Labute approximate surface area is 168 Å². The molecule has 0 unspecified atom stereocenters. The molecule has 0 aliphatic rings. The van der Waals surface area contributed by atoms with Crippen LogP contribution < -0.4 is 10.6 Å². The summed E-state index contributed by atoms with van der Waals surface area (Å²) in [5.74, 6) is -0.826. The molecule has 0 fully saturated rings. The van der Waals surface area contributed by atoms with Crippen LogP contribution in [0.15, 0.2) is 78.8 Å². The second kappa shape index (κ2) is 8.97. The fourth-order valence-electron chi connectivity index (χ4n) is 2.42. The molecule has 2 amide bonds. The van der Waals surface area contributed by atoms with Crippen LogP contribution in [-0.2, 0) is 4.79 Å². The van der Waals surface area contributed by atoms with Gasteiger partial charge in [-0.05, 0) is 61.0 Å². The molecule has 0 bridgehead atoms. The average Bonchev–Trinajstić information content (AvgIpc) is 2.70. The van der Waals surface area contributed by atoms with Gasteiger partial charge < -0.3 is 10.6 Å². The van der Waals surface area contributed by atoms with E-state index in [2.05, 4.69) is 15.6 Å². The maximum absolute atomic E-state index is 12.8. The van der Waals surface area contributed by atoms with Crippen LogP contribution in [0.3, 0.4) is 0 Å². The van der Waals surface area contributed by atoms with Gasteiger partial charge in [-0.2, -0.15) is 0 Å². The van der Waals surface area contributed by atoms with Gasteiger partial charge in [-0.25, -0.2) is 0 Å². The number of nitrogens with zero attached hydrogens (tertiary/aromatic N) is 1. The van der Waals surface area contributed by atoms with E-state index in [1.165, 1.54) is 0 Å². The minimum absolute atomic E-state index is 0.105. The molecule has 6 heteroatoms. The Hall–Kier alpha value is -3.44. The molecule has 140 valence electrons. The van der Waals surface area contributed by atoms with Crippen LogP contribution in [0.4, 0.5) is 5.69 Å². The zero-order valence-corrected chi connectivity index (χ0v) is 15.9. The number of halogens is 1. The number of nitrogens with one attached hydrogen (secondary N) is 2. The molecule has 0 saturated heterocycles. The van der Waals surface area contributed by atoms with Gasteiger partial charge >= 0.3 is 0 Å². The molecular formula is C22H18ClN3O2. The summed E-state index contributed by atoms with van der Waals surface area (Å²) in [6.07, 6.45) is 4.81. The third-order valence-corrected chi connectivity index (χ3v) is 4.16. The van der Waals surface area contributed by atoms with Crippen LogP contribution >= 0.6 is 11.6 Å². The quantitative estimate of drug-likeness (QED) is 0.631. The number of benzene rings is 2. The molecule has 2 aromatic carbocycles. The highest BCUT2D eigenvalue weighted by Gasteiger charge is 2.15. The van der Waals surface area contributed by atoms with E-state index in [9.17, 15) is 9.59 Å². The van der Waals surface area contributed by atoms with Crippen molar-refractivity contribution in [3.8, 4) is 0 Å². The first-order valence-corrected chi connectivity index (χ1v) is 8.96. The van der Waals surface area contributed by atoms with Crippen LogP contribution in [0.5, 0.6) is 0 Å². The Morgan fingerprint density at radius 1 is 1.00 bits per heavy atom. The van der Waals surface area contributed by atoms with Crippen molar-refractivity contribution in [2.24, 2.45) is 0 Å². The van der Waals surface area contributed by atoms with Gasteiger partial charge in [-0.3, -0.25) is 14.6 Å². The van der Waals surface area contributed by atoms with Crippen molar-refractivity contribution < 1.29 is 9.59 Å². The summed E-state index contributed by atoms with van der Waals surface area (Å²) in [5, 5.41) is 6.01. The zero-order valence-electron chi connectivity index (χ0n) is 15.1.